The lowest BCUT2D eigenvalue weighted by atomic mass is 9.92. The van der Waals surface area contributed by atoms with Gasteiger partial charge in [0.25, 0.3) is 5.91 Å². The van der Waals surface area contributed by atoms with Gasteiger partial charge in [-0.2, -0.15) is 0 Å². The van der Waals surface area contributed by atoms with E-state index in [9.17, 15) is 9.90 Å². The van der Waals surface area contributed by atoms with Crippen molar-refractivity contribution in [3.05, 3.63) is 21.4 Å². The summed E-state index contributed by atoms with van der Waals surface area (Å²) in [5, 5.41) is 12.9. The Kier molecular flexibility index (Phi) is 4.28. The van der Waals surface area contributed by atoms with Crippen molar-refractivity contribution in [2.24, 2.45) is 5.92 Å². The molecule has 0 bridgehead atoms. The summed E-state index contributed by atoms with van der Waals surface area (Å²) >= 11 is 1.53. The molecule has 0 saturated heterocycles. The van der Waals surface area contributed by atoms with Gasteiger partial charge < -0.3 is 15.2 Å². The van der Waals surface area contributed by atoms with Crippen LogP contribution in [0.5, 0.6) is 0 Å². The van der Waals surface area contributed by atoms with Crippen LogP contribution < -0.4 is 5.32 Å². The second kappa shape index (κ2) is 5.61. The summed E-state index contributed by atoms with van der Waals surface area (Å²) in [5.41, 5.74) is 0.243. The predicted octanol–water partition coefficient (Wildman–Crippen LogP) is 1.96. The number of fused-ring (bicyclic) bond motifs is 1. The van der Waals surface area contributed by atoms with Gasteiger partial charge in [-0.05, 0) is 24.5 Å². The van der Waals surface area contributed by atoms with Crippen molar-refractivity contribution in [3.63, 3.8) is 0 Å². The predicted molar refractivity (Wildman–Crippen MR) is 75.5 cm³/mol. The molecular weight excluding hydrogens is 262 g/mol. The molecule has 0 radical (unpaired) electrons. The SMILES string of the molecule is CC(C)C(C)(O)CNC(=O)c1cc2c(s1)CCOC2. The van der Waals surface area contributed by atoms with Gasteiger partial charge in [0.05, 0.1) is 23.7 Å². The van der Waals surface area contributed by atoms with Gasteiger partial charge in [-0.1, -0.05) is 13.8 Å². The lowest BCUT2D eigenvalue weighted by Gasteiger charge is -2.27. The normalized spacial score (nSPS) is 17.9. The largest absolute Gasteiger partial charge is 0.388 e. The van der Waals surface area contributed by atoms with E-state index in [0.29, 0.717) is 11.5 Å². The Balaban J connectivity index is 1.99. The van der Waals surface area contributed by atoms with Gasteiger partial charge in [-0.3, -0.25) is 4.79 Å². The number of carbonyl (C=O) groups is 1. The van der Waals surface area contributed by atoms with E-state index >= 15 is 0 Å². The summed E-state index contributed by atoms with van der Waals surface area (Å²) in [6.45, 7) is 7.22. The van der Waals surface area contributed by atoms with E-state index in [2.05, 4.69) is 5.32 Å². The minimum Gasteiger partial charge on any atom is -0.388 e. The standard InChI is InChI=1S/C14H21NO3S/c1-9(2)14(3,17)8-15-13(16)12-6-10-7-18-5-4-11(10)19-12/h6,9,17H,4-5,7-8H2,1-3H3,(H,15,16). The number of ether oxygens (including phenoxy) is 1. The maximum atomic E-state index is 12.1. The van der Waals surface area contributed by atoms with Crippen LogP contribution in [0.2, 0.25) is 0 Å². The zero-order chi connectivity index (χ0) is 14.0. The third-order valence-electron chi connectivity index (χ3n) is 3.70. The molecule has 1 atom stereocenters. The fourth-order valence-electron chi connectivity index (χ4n) is 1.81. The Labute approximate surface area is 117 Å². The molecule has 2 heterocycles. The average Bonchev–Trinajstić information content (AvgIpc) is 2.79. The van der Waals surface area contributed by atoms with Crippen LogP contribution in [0.4, 0.5) is 0 Å². The summed E-state index contributed by atoms with van der Waals surface area (Å²) in [5.74, 6) is -0.0157. The van der Waals surface area contributed by atoms with E-state index in [-0.39, 0.29) is 18.4 Å². The molecule has 1 aliphatic rings. The third kappa shape index (κ3) is 3.35. The molecular formula is C14H21NO3S. The first-order chi connectivity index (χ1) is 8.90. The average molecular weight is 283 g/mol. The van der Waals surface area contributed by atoms with Crippen molar-refractivity contribution >= 4 is 17.2 Å². The minimum atomic E-state index is -0.879. The lowest BCUT2D eigenvalue weighted by molar-refractivity contribution is 0.0143. The van der Waals surface area contributed by atoms with Gasteiger partial charge >= 0.3 is 0 Å². The highest BCUT2D eigenvalue weighted by atomic mass is 32.1. The highest BCUT2D eigenvalue weighted by Gasteiger charge is 2.26. The summed E-state index contributed by atoms with van der Waals surface area (Å²) in [7, 11) is 0. The van der Waals surface area contributed by atoms with Crippen LogP contribution in [0.3, 0.4) is 0 Å². The van der Waals surface area contributed by atoms with Crippen molar-refractivity contribution in [2.45, 2.75) is 39.4 Å². The van der Waals surface area contributed by atoms with Crippen LogP contribution in [0.15, 0.2) is 6.07 Å². The molecule has 4 nitrogen and oxygen atoms in total. The zero-order valence-electron chi connectivity index (χ0n) is 11.7. The fourth-order valence-corrected chi connectivity index (χ4v) is 2.88. The highest BCUT2D eigenvalue weighted by Crippen LogP contribution is 2.27. The molecule has 0 saturated carbocycles. The number of nitrogens with one attached hydrogen (secondary N) is 1. The molecule has 0 aliphatic carbocycles. The van der Waals surface area contributed by atoms with Crippen LogP contribution in [0, 0.1) is 5.92 Å². The number of aliphatic hydroxyl groups is 1. The molecule has 2 rings (SSSR count). The number of hydrogen-bond donors (Lipinski definition) is 2. The monoisotopic (exact) mass is 283 g/mol. The Morgan fingerprint density at radius 1 is 1.63 bits per heavy atom. The number of carbonyl (C=O) groups excluding carboxylic acids is 1. The van der Waals surface area contributed by atoms with E-state index in [1.807, 2.05) is 19.9 Å². The van der Waals surface area contributed by atoms with Crippen molar-refractivity contribution in [1.29, 1.82) is 0 Å². The highest BCUT2D eigenvalue weighted by molar-refractivity contribution is 7.14. The third-order valence-corrected chi connectivity index (χ3v) is 4.94. The number of hydrogen-bond acceptors (Lipinski definition) is 4. The molecule has 1 aliphatic heterocycles. The van der Waals surface area contributed by atoms with E-state index in [4.69, 9.17) is 4.74 Å². The summed E-state index contributed by atoms with van der Waals surface area (Å²) in [4.78, 5) is 14.0. The molecule has 0 aromatic carbocycles. The van der Waals surface area contributed by atoms with Crippen LogP contribution in [-0.2, 0) is 17.8 Å². The van der Waals surface area contributed by atoms with E-state index in [1.54, 1.807) is 6.92 Å². The van der Waals surface area contributed by atoms with Crippen LogP contribution in [-0.4, -0.2) is 29.8 Å². The van der Waals surface area contributed by atoms with Crippen LogP contribution in [0.1, 0.15) is 40.9 Å². The Morgan fingerprint density at radius 3 is 3.00 bits per heavy atom. The first kappa shape index (κ1) is 14.5. The van der Waals surface area contributed by atoms with Gasteiger partial charge in [0.1, 0.15) is 0 Å². The van der Waals surface area contributed by atoms with Gasteiger partial charge in [0.2, 0.25) is 0 Å². The summed E-state index contributed by atoms with van der Waals surface area (Å²) < 4.78 is 5.37. The molecule has 1 aromatic rings. The van der Waals surface area contributed by atoms with Gasteiger partial charge in [-0.25, -0.2) is 0 Å². The van der Waals surface area contributed by atoms with Crippen molar-refractivity contribution in [2.75, 3.05) is 13.2 Å². The quantitative estimate of drug-likeness (QED) is 0.888. The molecule has 1 aromatic heterocycles. The molecule has 1 unspecified atom stereocenters. The van der Waals surface area contributed by atoms with Crippen LogP contribution in [0.25, 0.3) is 0 Å². The van der Waals surface area contributed by atoms with Crippen molar-refractivity contribution in [3.8, 4) is 0 Å². The molecule has 1 amide bonds. The lowest BCUT2D eigenvalue weighted by Crippen LogP contribution is -2.44. The first-order valence-electron chi connectivity index (χ1n) is 6.60. The van der Waals surface area contributed by atoms with Crippen molar-refractivity contribution in [1.82, 2.24) is 5.32 Å². The van der Waals surface area contributed by atoms with Gasteiger partial charge in [0, 0.05) is 17.8 Å². The number of rotatable bonds is 4. The molecule has 19 heavy (non-hydrogen) atoms. The number of thiophene rings is 1. The fraction of sp³-hybridized carbons (Fsp3) is 0.643. The Bertz CT molecular complexity index is 442. The van der Waals surface area contributed by atoms with E-state index < -0.39 is 5.60 Å². The topological polar surface area (TPSA) is 58.6 Å². The van der Waals surface area contributed by atoms with E-state index in [1.165, 1.54) is 16.2 Å². The summed E-state index contributed by atoms with van der Waals surface area (Å²) in [6.07, 6.45) is 0.886. The van der Waals surface area contributed by atoms with Gasteiger partial charge in [-0.15, -0.1) is 11.3 Å². The minimum absolute atomic E-state index is 0.0951. The van der Waals surface area contributed by atoms with Gasteiger partial charge in [0.15, 0.2) is 0 Å². The maximum absolute atomic E-state index is 12.1. The van der Waals surface area contributed by atoms with E-state index in [0.717, 1.165) is 18.6 Å². The second-order valence-corrected chi connectivity index (χ2v) is 6.69. The molecule has 0 spiro atoms. The summed E-state index contributed by atoms with van der Waals surface area (Å²) in [6, 6.07) is 1.90. The Hall–Kier alpha value is -0.910. The smallest absolute Gasteiger partial charge is 0.261 e. The molecule has 5 heteroatoms. The molecule has 0 fully saturated rings. The second-order valence-electron chi connectivity index (χ2n) is 5.56. The molecule has 106 valence electrons. The Morgan fingerprint density at radius 2 is 2.37 bits per heavy atom. The number of amides is 1. The van der Waals surface area contributed by atoms with Crippen molar-refractivity contribution < 1.29 is 14.6 Å². The van der Waals surface area contributed by atoms with Crippen LogP contribution >= 0.6 is 11.3 Å². The first-order valence-corrected chi connectivity index (χ1v) is 7.41. The molecule has 2 N–H and O–H groups in total. The zero-order valence-corrected chi connectivity index (χ0v) is 12.5. The maximum Gasteiger partial charge on any atom is 0.261 e.